The summed E-state index contributed by atoms with van der Waals surface area (Å²) in [5, 5.41) is 3.29. The third-order valence-electron chi connectivity index (χ3n) is 2.97. The molecule has 82 valence electrons. The van der Waals surface area contributed by atoms with Crippen LogP contribution in [0, 0.1) is 17.6 Å². The minimum absolute atomic E-state index is 0.608. The molecule has 3 heteroatoms. The highest BCUT2D eigenvalue weighted by Crippen LogP contribution is 2.19. The molecule has 1 aliphatic heterocycles. The summed E-state index contributed by atoms with van der Waals surface area (Å²) in [5.74, 6) is -0.887. The van der Waals surface area contributed by atoms with E-state index in [1.807, 2.05) is 0 Å². The highest BCUT2D eigenvalue weighted by molar-refractivity contribution is 5.18. The van der Waals surface area contributed by atoms with Crippen LogP contribution in [0.25, 0.3) is 0 Å². The molecule has 0 amide bonds. The first kappa shape index (κ1) is 10.6. The second kappa shape index (κ2) is 4.71. The molecule has 0 atom stereocenters. The van der Waals surface area contributed by atoms with Crippen LogP contribution in [0.5, 0.6) is 0 Å². The first-order valence-electron chi connectivity index (χ1n) is 5.40. The van der Waals surface area contributed by atoms with Gasteiger partial charge in [-0.25, -0.2) is 8.78 Å². The summed E-state index contributed by atoms with van der Waals surface area (Å²) in [6, 6.07) is 4.21. The maximum atomic E-state index is 12.9. The number of hydrogen-bond acceptors (Lipinski definition) is 1. The van der Waals surface area contributed by atoms with Gasteiger partial charge in [0.05, 0.1) is 0 Å². The Balaban J connectivity index is 2.00. The van der Waals surface area contributed by atoms with Crippen molar-refractivity contribution in [3.63, 3.8) is 0 Å². The molecule has 1 fully saturated rings. The Morgan fingerprint density at radius 2 is 1.87 bits per heavy atom. The van der Waals surface area contributed by atoms with Crippen LogP contribution >= 0.6 is 0 Å². The normalized spacial score (nSPS) is 18.0. The topological polar surface area (TPSA) is 12.0 Å². The van der Waals surface area contributed by atoms with Gasteiger partial charge in [0.25, 0.3) is 0 Å². The average molecular weight is 211 g/mol. The van der Waals surface area contributed by atoms with E-state index in [2.05, 4.69) is 5.32 Å². The van der Waals surface area contributed by atoms with Gasteiger partial charge >= 0.3 is 0 Å². The van der Waals surface area contributed by atoms with Gasteiger partial charge in [-0.05, 0) is 56.0 Å². The SMILES string of the molecule is Fc1ccc(CC2CCNCC2)cc1F. The van der Waals surface area contributed by atoms with E-state index in [4.69, 9.17) is 0 Å². The number of rotatable bonds is 2. The van der Waals surface area contributed by atoms with Crippen LogP contribution in [0.4, 0.5) is 8.78 Å². The molecule has 0 bridgehead atoms. The van der Waals surface area contributed by atoms with Gasteiger partial charge in [-0.1, -0.05) is 6.07 Å². The van der Waals surface area contributed by atoms with Crippen molar-refractivity contribution in [2.24, 2.45) is 5.92 Å². The third-order valence-corrected chi connectivity index (χ3v) is 2.97. The molecule has 1 aromatic rings. The Bertz CT molecular complexity index is 332. The fraction of sp³-hybridized carbons (Fsp3) is 0.500. The summed E-state index contributed by atoms with van der Waals surface area (Å²) >= 11 is 0. The zero-order valence-electron chi connectivity index (χ0n) is 8.60. The molecular formula is C12H15F2N. The first-order valence-corrected chi connectivity index (χ1v) is 5.40. The van der Waals surface area contributed by atoms with Gasteiger partial charge in [-0.2, -0.15) is 0 Å². The van der Waals surface area contributed by atoms with Gasteiger partial charge in [0.1, 0.15) is 0 Å². The highest BCUT2D eigenvalue weighted by Gasteiger charge is 2.14. The standard InChI is InChI=1S/C12H15F2N/c13-11-2-1-10(8-12(11)14)7-9-3-5-15-6-4-9/h1-2,8-9,15H,3-7H2. The fourth-order valence-electron chi connectivity index (χ4n) is 2.09. The Morgan fingerprint density at radius 1 is 1.13 bits per heavy atom. The third kappa shape index (κ3) is 2.75. The number of piperidine rings is 1. The molecule has 0 unspecified atom stereocenters. The van der Waals surface area contributed by atoms with Crippen LogP contribution in [-0.2, 0) is 6.42 Å². The van der Waals surface area contributed by atoms with Gasteiger partial charge in [-0.15, -0.1) is 0 Å². The Morgan fingerprint density at radius 3 is 2.53 bits per heavy atom. The quantitative estimate of drug-likeness (QED) is 0.792. The highest BCUT2D eigenvalue weighted by atomic mass is 19.2. The Labute approximate surface area is 88.5 Å². The van der Waals surface area contributed by atoms with Crippen molar-refractivity contribution in [2.45, 2.75) is 19.3 Å². The molecule has 1 heterocycles. The molecule has 1 aliphatic rings. The van der Waals surface area contributed by atoms with Gasteiger partial charge in [0.2, 0.25) is 0 Å². The van der Waals surface area contributed by atoms with E-state index < -0.39 is 11.6 Å². The maximum Gasteiger partial charge on any atom is 0.159 e. The molecule has 2 rings (SSSR count). The molecule has 0 aliphatic carbocycles. The van der Waals surface area contributed by atoms with Crippen molar-refractivity contribution < 1.29 is 8.78 Å². The summed E-state index contributed by atoms with van der Waals surface area (Å²) in [4.78, 5) is 0. The summed E-state index contributed by atoms with van der Waals surface area (Å²) in [5.41, 5.74) is 0.904. The summed E-state index contributed by atoms with van der Waals surface area (Å²) in [6.07, 6.45) is 3.11. The van der Waals surface area contributed by atoms with Crippen LogP contribution < -0.4 is 5.32 Å². The smallest absolute Gasteiger partial charge is 0.159 e. The van der Waals surface area contributed by atoms with E-state index >= 15 is 0 Å². The summed E-state index contributed by atoms with van der Waals surface area (Å²) in [7, 11) is 0. The molecule has 1 aromatic carbocycles. The first-order chi connectivity index (χ1) is 7.25. The van der Waals surface area contributed by atoms with Crippen LogP contribution in [0.3, 0.4) is 0 Å². The van der Waals surface area contributed by atoms with Crippen molar-refractivity contribution in [2.75, 3.05) is 13.1 Å². The number of halogens is 2. The average Bonchev–Trinajstić information content (AvgIpc) is 2.25. The molecule has 0 aromatic heterocycles. The second-order valence-electron chi connectivity index (χ2n) is 4.15. The number of benzene rings is 1. The van der Waals surface area contributed by atoms with Crippen LogP contribution in [0.15, 0.2) is 18.2 Å². The maximum absolute atomic E-state index is 12.9. The molecule has 1 saturated heterocycles. The monoisotopic (exact) mass is 211 g/mol. The lowest BCUT2D eigenvalue weighted by Gasteiger charge is -2.22. The van der Waals surface area contributed by atoms with Gasteiger partial charge < -0.3 is 5.32 Å². The van der Waals surface area contributed by atoms with E-state index in [-0.39, 0.29) is 0 Å². The van der Waals surface area contributed by atoms with Crippen molar-refractivity contribution >= 4 is 0 Å². The largest absolute Gasteiger partial charge is 0.317 e. The lowest BCUT2D eigenvalue weighted by Crippen LogP contribution is -2.28. The van der Waals surface area contributed by atoms with E-state index in [1.54, 1.807) is 6.07 Å². The second-order valence-corrected chi connectivity index (χ2v) is 4.15. The number of nitrogens with one attached hydrogen (secondary N) is 1. The van der Waals surface area contributed by atoms with E-state index in [1.165, 1.54) is 12.1 Å². The van der Waals surface area contributed by atoms with Gasteiger partial charge in [-0.3, -0.25) is 0 Å². The Hall–Kier alpha value is -0.960. The molecule has 1 nitrogen and oxygen atoms in total. The summed E-state index contributed by atoms with van der Waals surface area (Å²) in [6.45, 7) is 2.07. The van der Waals surface area contributed by atoms with E-state index in [0.29, 0.717) is 5.92 Å². The molecule has 1 N–H and O–H groups in total. The molecule has 15 heavy (non-hydrogen) atoms. The van der Waals surface area contributed by atoms with Crippen molar-refractivity contribution in [1.29, 1.82) is 0 Å². The molecule has 0 saturated carbocycles. The van der Waals surface area contributed by atoms with Crippen LogP contribution in [0.1, 0.15) is 18.4 Å². The lowest BCUT2D eigenvalue weighted by atomic mass is 9.91. The number of hydrogen-bond donors (Lipinski definition) is 1. The predicted molar refractivity (Wildman–Crippen MR) is 55.7 cm³/mol. The molecule has 0 radical (unpaired) electrons. The minimum Gasteiger partial charge on any atom is -0.317 e. The van der Waals surface area contributed by atoms with Crippen LogP contribution in [-0.4, -0.2) is 13.1 Å². The van der Waals surface area contributed by atoms with Gasteiger partial charge in [0, 0.05) is 0 Å². The predicted octanol–water partition coefficient (Wildman–Crippen LogP) is 2.51. The molecule has 0 spiro atoms. The van der Waals surface area contributed by atoms with Crippen molar-refractivity contribution in [3.8, 4) is 0 Å². The Kier molecular flexibility index (Phi) is 3.31. The molecular weight excluding hydrogens is 196 g/mol. The van der Waals surface area contributed by atoms with Crippen molar-refractivity contribution in [1.82, 2.24) is 5.32 Å². The van der Waals surface area contributed by atoms with E-state index in [9.17, 15) is 8.78 Å². The van der Waals surface area contributed by atoms with Crippen LogP contribution in [0.2, 0.25) is 0 Å². The summed E-state index contributed by atoms with van der Waals surface area (Å²) < 4.78 is 25.6. The fourth-order valence-corrected chi connectivity index (χ4v) is 2.09. The van der Waals surface area contributed by atoms with E-state index in [0.717, 1.165) is 37.9 Å². The van der Waals surface area contributed by atoms with Crippen molar-refractivity contribution in [3.05, 3.63) is 35.4 Å². The zero-order chi connectivity index (χ0) is 10.7. The lowest BCUT2D eigenvalue weighted by molar-refractivity contribution is 0.372. The minimum atomic E-state index is -0.760. The zero-order valence-corrected chi connectivity index (χ0v) is 8.60. The van der Waals surface area contributed by atoms with Gasteiger partial charge in [0.15, 0.2) is 11.6 Å².